The minimum Gasteiger partial charge on any atom is -0.497 e. The van der Waals surface area contributed by atoms with Crippen molar-refractivity contribution in [2.45, 2.75) is 32.4 Å². The molecule has 96 valence electrons. The summed E-state index contributed by atoms with van der Waals surface area (Å²) in [6, 6.07) is 4.25. The Morgan fingerprint density at radius 3 is 2.53 bits per heavy atom. The van der Waals surface area contributed by atoms with E-state index in [2.05, 4.69) is 0 Å². The molecule has 3 nitrogen and oxygen atoms in total. The minimum atomic E-state index is -0.453. The second-order valence-corrected chi connectivity index (χ2v) is 3.82. The first-order valence-electron chi connectivity index (χ1n) is 5.84. The van der Waals surface area contributed by atoms with Gasteiger partial charge in [-0.15, -0.1) is 0 Å². The van der Waals surface area contributed by atoms with E-state index >= 15 is 0 Å². The molecule has 2 atom stereocenters. The van der Waals surface area contributed by atoms with Crippen molar-refractivity contribution in [2.24, 2.45) is 5.73 Å². The van der Waals surface area contributed by atoms with Gasteiger partial charge in [0.2, 0.25) is 0 Å². The number of methoxy groups -OCH3 is 1. The van der Waals surface area contributed by atoms with E-state index in [9.17, 15) is 4.39 Å². The third-order valence-electron chi connectivity index (χ3n) is 2.75. The van der Waals surface area contributed by atoms with Gasteiger partial charge in [0.25, 0.3) is 0 Å². The molecule has 4 heteroatoms. The first kappa shape index (κ1) is 13.9. The topological polar surface area (TPSA) is 44.5 Å². The highest BCUT2D eigenvalue weighted by Crippen LogP contribution is 2.25. The lowest BCUT2D eigenvalue weighted by Gasteiger charge is -2.23. The summed E-state index contributed by atoms with van der Waals surface area (Å²) in [5, 5.41) is 0. The van der Waals surface area contributed by atoms with Crippen molar-refractivity contribution in [3.8, 4) is 5.75 Å². The van der Waals surface area contributed by atoms with Crippen LogP contribution >= 0.6 is 0 Å². The van der Waals surface area contributed by atoms with E-state index in [4.69, 9.17) is 15.2 Å². The average Bonchev–Trinajstić information content (AvgIpc) is 2.35. The third-order valence-corrected chi connectivity index (χ3v) is 2.75. The summed E-state index contributed by atoms with van der Waals surface area (Å²) in [4.78, 5) is 0. The van der Waals surface area contributed by atoms with Crippen LogP contribution in [0.5, 0.6) is 5.75 Å². The molecule has 2 unspecified atom stereocenters. The van der Waals surface area contributed by atoms with Crippen LogP contribution in [-0.2, 0) is 4.74 Å². The molecule has 0 aliphatic rings. The first-order valence-corrected chi connectivity index (χ1v) is 5.84. The summed E-state index contributed by atoms with van der Waals surface area (Å²) in [5.41, 5.74) is 6.49. The Morgan fingerprint density at radius 2 is 2.06 bits per heavy atom. The summed E-state index contributed by atoms with van der Waals surface area (Å²) >= 11 is 0. The maximum absolute atomic E-state index is 13.8. The van der Waals surface area contributed by atoms with E-state index in [-0.39, 0.29) is 11.9 Å². The van der Waals surface area contributed by atoms with Crippen LogP contribution in [0.15, 0.2) is 18.2 Å². The van der Waals surface area contributed by atoms with E-state index < -0.39 is 6.04 Å². The average molecular weight is 241 g/mol. The quantitative estimate of drug-likeness (QED) is 0.832. The van der Waals surface area contributed by atoms with E-state index in [0.29, 0.717) is 17.9 Å². The van der Waals surface area contributed by atoms with Crippen LogP contribution in [0.3, 0.4) is 0 Å². The monoisotopic (exact) mass is 241 g/mol. The maximum Gasteiger partial charge on any atom is 0.131 e. The summed E-state index contributed by atoms with van der Waals surface area (Å²) in [5.74, 6) is 0.137. The molecular weight excluding hydrogens is 221 g/mol. The Bertz CT molecular complexity index is 357. The van der Waals surface area contributed by atoms with Gasteiger partial charge in [0.05, 0.1) is 19.3 Å². The molecule has 0 fully saturated rings. The molecule has 0 heterocycles. The Kier molecular flexibility index (Phi) is 5.38. The fourth-order valence-electron chi connectivity index (χ4n) is 1.79. The van der Waals surface area contributed by atoms with Crippen molar-refractivity contribution in [3.05, 3.63) is 29.6 Å². The molecule has 1 aromatic carbocycles. The molecule has 0 aliphatic heterocycles. The standard InChI is InChI=1S/C13H20FNO2/c1-4-12(17-5-2)13(15)10-7-6-9(16-3)8-11(10)14/h6-8,12-13H,4-5,15H2,1-3H3. The van der Waals surface area contributed by atoms with Crippen molar-refractivity contribution < 1.29 is 13.9 Å². The molecule has 0 radical (unpaired) electrons. The van der Waals surface area contributed by atoms with Crippen LogP contribution in [0.25, 0.3) is 0 Å². The lowest BCUT2D eigenvalue weighted by molar-refractivity contribution is 0.0405. The van der Waals surface area contributed by atoms with Gasteiger partial charge in [0.1, 0.15) is 11.6 Å². The molecule has 1 rings (SSSR count). The van der Waals surface area contributed by atoms with E-state index in [0.717, 1.165) is 6.42 Å². The highest BCUT2D eigenvalue weighted by Gasteiger charge is 2.21. The van der Waals surface area contributed by atoms with Crippen molar-refractivity contribution in [3.63, 3.8) is 0 Å². The smallest absolute Gasteiger partial charge is 0.131 e. The van der Waals surface area contributed by atoms with E-state index in [1.807, 2.05) is 13.8 Å². The lowest BCUT2D eigenvalue weighted by Crippen LogP contribution is -2.29. The molecular formula is C13H20FNO2. The van der Waals surface area contributed by atoms with Crippen molar-refractivity contribution >= 4 is 0 Å². The minimum absolute atomic E-state index is 0.164. The fraction of sp³-hybridized carbons (Fsp3) is 0.538. The SMILES string of the molecule is CCOC(CC)C(N)c1ccc(OC)cc1F. The summed E-state index contributed by atoms with van der Waals surface area (Å²) in [6.07, 6.45) is 0.586. The number of ether oxygens (including phenoxy) is 2. The second-order valence-electron chi connectivity index (χ2n) is 3.82. The second kappa shape index (κ2) is 6.57. The number of rotatable bonds is 6. The summed E-state index contributed by atoms with van der Waals surface area (Å²) in [7, 11) is 1.50. The van der Waals surface area contributed by atoms with Gasteiger partial charge in [-0.3, -0.25) is 0 Å². The van der Waals surface area contributed by atoms with Gasteiger partial charge < -0.3 is 15.2 Å². The van der Waals surface area contributed by atoms with Crippen LogP contribution in [-0.4, -0.2) is 19.8 Å². The zero-order valence-corrected chi connectivity index (χ0v) is 10.6. The van der Waals surface area contributed by atoms with Crippen LogP contribution in [0.4, 0.5) is 4.39 Å². The van der Waals surface area contributed by atoms with Gasteiger partial charge in [0.15, 0.2) is 0 Å². The van der Waals surface area contributed by atoms with Crippen LogP contribution in [0.2, 0.25) is 0 Å². The highest BCUT2D eigenvalue weighted by atomic mass is 19.1. The van der Waals surface area contributed by atoms with Crippen LogP contribution in [0.1, 0.15) is 31.9 Å². The van der Waals surface area contributed by atoms with Crippen molar-refractivity contribution in [2.75, 3.05) is 13.7 Å². The Hall–Kier alpha value is -1.13. The zero-order chi connectivity index (χ0) is 12.8. The molecule has 0 spiro atoms. The van der Waals surface area contributed by atoms with Gasteiger partial charge >= 0.3 is 0 Å². The third kappa shape index (κ3) is 3.41. The van der Waals surface area contributed by atoms with Crippen molar-refractivity contribution in [1.82, 2.24) is 0 Å². The Labute approximate surface area is 102 Å². The molecule has 0 amide bonds. The van der Waals surface area contributed by atoms with Crippen LogP contribution < -0.4 is 10.5 Å². The number of benzene rings is 1. The Morgan fingerprint density at radius 1 is 1.35 bits per heavy atom. The van der Waals surface area contributed by atoms with Crippen molar-refractivity contribution in [1.29, 1.82) is 0 Å². The van der Waals surface area contributed by atoms with Gasteiger partial charge in [-0.05, 0) is 19.4 Å². The first-order chi connectivity index (χ1) is 8.13. The summed E-state index contributed by atoms with van der Waals surface area (Å²) < 4.78 is 24.3. The van der Waals surface area contributed by atoms with Gasteiger partial charge in [-0.1, -0.05) is 13.0 Å². The molecule has 0 aliphatic carbocycles. The number of hydrogen-bond donors (Lipinski definition) is 1. The molecule has 0 aromatic heterocycles. The van der Waals surface area contributed by atoms with Gasteiger partial charge in [0, 0.05) is 18.2 Å². The zero-order valence-electron chi connectivity index (χ0n) is 10.6. The number of hydrogen-bond acceptors (Lipinski definition) is 3. The molecule has 17 heavy (non-hydrogen) atoms. The predicted molar refractivity (Wildman–Crippen MR) is 65.6 cm³/mol. The Balaban J connectivity index is 2.90. The normalized spacial score (nSPS) is 14.4. The number of halogens is 1. The molecule has 1 aromatic rings. The molecule has 2 N–H and O–H groups in total. The number of nitrogens with two attached hydrogens (primary N) is 1. The van der Waals surface area contributed by atoms with Gasteiger partial charge in [-0.2, -0.15) is 0 Å². The molecule has 0 saturated heterocycles. The maximum atomic E-state index is 13.8. The van der Waals surface area contributed by atoms with Crippen LogP contribution in [0, 0.1) is 5.82 Å². The lowest BCUT2D eigenvalue weighted by atomic mass is 10.00. The van der Waals surface area contributed by atoms with E-state index in [1.165, 1.54) is 13.2 Å². The summed E-state index contributed by atoms with van der Waals surface area (Å²) in [6.45, 7) is 4.45. The molecule has 0 saturated carbocycles. The fourth-order valence-corrected chi connectivity index (χ4v) is 1.79. The highest BCUT2D eigenvalue weighted by molar-refractivity contribution is 5.31. The predicted octanol–water partition coefficient (Wildman–Crippen LogP) is 2.65. The van der Waals surface area contributed by atoms with Gasteiger partial charge in [-0.25, -0.2) is 4.39 Å². The molecule has 0 bridgehead atoms. The van der Waals surface area contributed by atoms with E-state index in [1.54, 1.807) is 12.1 Å². The largest absolute Gasteiger partial charge is 0.497 e.